The fraction of sp³-hybridized carbons (Fsp3) is 0.455. The van der Waals surface area contributed by atoms with Crippen molar-refractivity contribution in [2.75, 3.05) is 11.4 Å². The molecule has 0 fully saturated rings. The Kier molecular flexibility index (Phi) is 4.22. The second kappa shape index (κ2) is 5.44. The van der Waals surface area contributed by atoms with E-state index >= 15 is 0 Å². The lowest BCUT2D eigenvalue weighted by molar-refractivity contribution is -0.136. The molecule has 1 rings (SSSR count). The number of aliphatic carboxylic acids is 1. The molecule has 5 heteroatoms. The van der Waals surface area contributed by atoms with Gasteiger partial charge in [0.15, 0.2) is 11.6 Å². The number of carbonyl (C=O) groups is 1. The van der Waals surface area contributed by atoms with Gasteiger partial charge in [0.25, 0.3) is 0 Å². The second-order valence-electron chi connectivity index (χ2n) is 3.74. The van der Waals surface area contributed by atoms with Crippen LogP contribution in [0.1, 0.15) is 20.3 Å². The van der Waals surface area contributed by atoms with Crippen LogP contribution in [0.3, 0.4) is 0 Å². The number of hydrogen-bond donors (Lipinski definition) is 1. The zero-order chi connectivity index (χ0) is 12.1. The molecule has 0 radical (unpaired) electrons. The van der Waals surface area contributed by atoms with Crippen molar-refractivity contribution in [3.8, 4) is 0 Å². The average Bonchev–Trinajstić information content (AvgIpc) is 2.20. The highest BCUT2D eigenvalue weighted by molar-refractivity contribution is 5.67. The van der Waals surface area contributed by atoms with Crippen molar-refractivity contribution in [2.45, 2.75) is 26.3 Å². The van der Waals surface area contributed by atoms with Gasteiger partial charge in [-0.25, -0.2) is 9.37 Å². The van der Waals surface area contributed by atoms with Crippen molar-refractivity contribution in [3.05, 3.63) is 24.1 Å². The molecule has 0 saturated carbocycles. The standard InChI is InChI=1S/C11H15FN2O2/c1-8(2)14(7-5-10(15)16)11-9(12)4-3-6-13-11/h3-4,6,8H,5,7H2,1-2H3,(H,15,16). The van der Waals surface area contributed by atoms with E-state index in [1.54, 1.807) is 4.90 Å². The summed E-state index contributed by atoms with van der Waals surface area (Å²) in [6, 6.07) is 2.83. The van der Waals surface area contributed by atoms with Gasteiger partial charge in [0, 0.05) is 18.8 Å². The molecule has 0 amide bonds. The summed E-state index contributed by atoms with van der Waals surface area (Å²) in [5, 5.41) is 8.62. The molecule has 0 aliphatic heterocycles. The maximum atomic E-state index is 13.5. The predicted molar refractivity (Wildman–Crippen MR) is 58.9 cm³/mol. The Bertz CT molecular complexity index is 369. The Morgan fingerprint density at radius 3 is 2.81 bits per heavy atom. The van der Waals surface area contributed by atoms with Gasteiger partial charge in [-0.1, -0.05) is 0 Å². The molecule has 16 heavy (non-hydrogen) atoms. The summed E-state index contributed by atoms with van der Waals surface area (Å²) in [4.78, 5) is 16.1. The van der Waals surface area contributed by atoms with Gasteiger partial charge in [-0.15, -0.1) is 0 Å². The van der Waals surface area contributed by atoms with Crippen molar-refractivity contribution in [2.24, 2.45) is 0 Å². The smallest absolute Gasteiger partial charge is 0.305 e. The monoisotopic (exact) mass is 226 g/mol. The van der Waals surface area contributed by atoms with Crippen molar-refractivity contribution in [3.63, 3.8) is 0 Å². The van der Waals surface area contributed by atoms with Crippen LogP contribution in [0.15, 0.2) is 18.3 Å². The Morgan fingerprint density at radius 2 is 2.31 bits per heavy atom. The molecule has 0 bridgehead atoms. The summed E-state index contributed by atoms with van der Waals surface area (Å²) in [5.74, 6) is -1.12. The van der Waals surface area contributed by atoms with Crippen molar-refractivity contribution < 1.29 is 14.3 Å². The van der Waals surface area contributed by atoms with Gasteiger partial charge in [0.2, 0.25) is 0 Å². The van der Waals surface area contributed by atoms with Gasteiger partial charge < -0.3 is 10.0 Å². The number of carboxylic acid groups (broad SMARTS) is 1. The lowest BCUT2D eigenvalue weighted by Crippen LogP contribution is -2.34. The molecule has 1 aromatic heterocycles. The van der Waals surface area contributed by atoms with Crippen LogP contribution in [0.25, 0.3) is 0 Å². The first kappa shape index (κ1) is 12.4. The van der Waals surface area contributed by atoms with E-state index in [4.69, 9.17) is 5.11 Å². The molecule has 0 unspecified atom stereocenters. The van der Waals surface area contributed by atoms with E-state index < -0.39 is 11.8 Å². The van der Waals surface area contributed by atoms with Crippen LogP contribution in [-0.4, -0.2) is 28.6 Å². The lowest BCUT2D eigenvalue weighted by atomic mass is 10.2. The quantitative estimate of drug-likeness (QED) is 0.833. The summed E-state index contributed by atoms with van der Waals surface area (Å²) in [5.41, 5.74) is 0. The Labute approximate surface area is 93.7 Å². The minimum Gasteiger partial charge on any atom is -0.481 e. The first-order valence-electron chi connectivity index (χ1n) is 5.11. The number of hydrogen-bond acceptors (Lipinski definition) is 3. The molecular formula is C11H15FN2O2. The Hall–Kier alpha value is -1.65. The zero-order valence-corrected chi connectivity index (χ0v) is 9.35. The number of halogens is 1. The summed E-state index contributed by atoms with van der Waals surface area (Å²) >= 11 is 0. The minimum absolute atomic E-state index is 0.00347. The number of rotatable bonds is 5. The normalized spacial score (nSPS) is 10.5. The minimum atomic E-state index is -0.901. The van der Waals surface area contributed by atoms with Crippen molar-refractivity contribution in [1.29, 1.82) is 0 Å². The van der Waals surface area contributed by atoms with Gasteiger partial charge in [-0.3, -0.25) is 4.79 Å². The van der Waals surface area contributed by atoms with Gasteiger partial charge >= 0.3 is 5.97 Å². The Morgan fingerprint density at radius 1 is 1.62 bits per heavy atom. The first-order chi connectivity index (χ1) is 7.52. The molecule has 1 N–H and O–H groups in total. The maximum Gasteiger partial charge on any atom is 0.305 e. The molecule has 0 spiro atoms. The molecule has 0 atom stereocenters. The average molecular weight is 226 g/mol. The van der Waals surface area contributed by atoms with E-state index in [-0.39, 0.29) is 24.8 Å². The van der Waals surface area contributed by atoms with Crippen LogP contribution in [0.4, 0.5) is 10.2 Å². The fourth-order valence-electron chi connectivity index (χ4n) is 1.41. The van der Waals surface area contributed by atoms with Gasteiger partial charge in [0.1, 0.15) is 0 Å². The summed E-state index contributed by atoms with van der Waals surface area (Å²) < 4.78 is 13.5. The topological polar surface area (TPSA) is 53.4 Å². The molecule has 88 valence electrons. The first-order valence-corrected chi connectivity index (χ1v) is 5.11. The van der Waals surface area contributed by atoms with Gasteiger partial charge in [-0.05, 0) is 26.0 Å². The lowest BCUT2D eigenvalue weighted by Gasteiger charge is -2.27. The van der Waals surface area contributed by atoms with Crippen molar-refractivity contribution in [1.82, 2.24) is 4.98 Å². The van der Waals surface area contributed by atoms with E-state index in [0.29, 0.717) is 0 Å². The number of nitrogens with zero attached hydrogens (tertiary/aromatic N) is 2. The predicted octanol–water partition coefficient (Wildman–Crippen LogP) is 1.91. The summed E-state index contributed by atoms with van der Waals surface area (Å²) in [7, 11) is 0. The van der Waals surface area contributed by atoms with Crippen LogP contribution >= 0.6 is 0 Å². The van der Waals surface area contributed by atoms with Crippen LogP contribution in [0.2, 0.25) is 0 Å². The van der Waals surface area contributed by atoms with Gasteiger partial charge in [-0.2, -0.15) is 0 Å². The zero-order valence-electron chi connectivity index (χ0n) is 9.35. The van der Waals surface area contributed by atoms with E-state index in [2.05, 4.69) is 4.98 Å². The molecular weight excluding hydrogens is 211 g/mol. The van der Waals surface area contributed by atoms with Crippen LogP contribution in [0.5, 0.6) is 0 Å². The molecule has 1 heterocycles. The highest BCUT2D eigenvalue weighted by Gasteiger charge is 2.16. The third-order valence-corrected chi connectivity index (χ3v) is 2.20. The molecule has 0 aliphatic rings. The van der Waals surface area contributed by atoms with Crippen LogP contribution in [-0.2, 0) is 4.79 Å². The molecule has 0 aromatic carbocycles. The summed E-state index contributed by atoms with van der Waals surface area (Å²) in [6.45, 7) is 3.99. The van der Waals surface area contributed by atoms with E-state index in [9.17, 15) is 9.18 Å². The highest BCUT2D eigenvalue weighted by atomic mass is 19.1. The van der Waals surface area contributed by atoms with E-state index in [0.717, 1.165) is 0 Å². The number of pyridine rings is 1. The van der Waals surface area contributed by atoms with E-state index in [1.165, 1.54) is 18.3 Å². The molecule has 1 aromatic rings. The third-order valence-electron chi connectivity index (χ3n) is 2.20. The number of anilines is 1. The third kappa shape index (κ3) is 3.18. The van der Waals surface area contributed by atoms with Crippen molar-refractivity contribution >= 4 is 11.8 Å². The maximum absolute atomic E-state index is 13.5. The molecule has 0 saturated heterocycles. The second-order valence-corrected chi connectivity index (χ2v) is 3.74. The Balaban J connectivity index is 2.85. The molecule has 0 aliphatic carbocycles. The summed E-state index contributed by atoms with van der Waals surface area (Å²) in [6.07, 6.45) is 1.46. The largest absolute Gasteiger partial charge is 0.481 e. The van der Waals surface area contributed by atoms with Crippen LogP contribution in [0, 0.1) is 5.82 Å². The van der Waals surface area contributed by atoms with E-state index in [1.807, 2.05) is 13.8 Å². The molecule has 4 nitrogen and oxygen atoms in total. The SMILES string of the molecule is CC(C)N(CCC(=O)O)c1ncccc1F. The fourth-order valence-corrected chi connectivity index (χ4v) is 1.41. The van der Waals surface area contributed by atoms with Crippen LogP contribution < -0.4 is 4.90 Å². The number of aromatic nitrogens is 1. The highest BCUT2D eigenvalue weighted by Crippen LogP contribution is 2.17. The number of carboxylic acids is 1. The van der Waals surface area contributed by atoms with Gasteiger partial charge in [0.05, 0.1) is 6.42 Å².